The standard InChI is InChI=1S/C13H20N2O/c1-10(16)12-8-5-9-14-13(12)15(2)11-6-3-4-7-11/h5,8-11,16H,3-4,6-7H2,1-2H3/t10-/m0/s1. The highest BCUT2D eigenvalue weighted by molar-refractivity contribution is 5.48. The van der Waals surface area contributed by atoms with Crippen LogP contribution < -0.4 is 4.90 Å². The lowest BCUT2D eigenvalue weighted by atomic mass is 10.1. The molecule has 16 heavy (non-hydrogen) atoms. The van der Waals surface area contributed by atoms with Gasteiger partial charge in [-0.15, -0.1) is 0 Å². The molecule has 0 aromatic carbocycles. The van der Waals surface area contributed by atoms with Gasteiger partial charge in [-0.05, 0) is 25.8 Å². The predicted octanol–water partition coefficient (Wildman–Crippen LogP) is 2.51. The van der Waals surface area contributed by atoms with Crippen molar-refractivity contribution in [1.29, 1.82) is 0 Å². The van der Waals surface area contributed by atoms with Crippen molar-refractivity contribution in [2.75, 3.05) is 11.9 Å². The van der Waals surface area contributed by atoms with Crippen molar-refractivity contribution in [3.63, 3.8) is 0 Å². The molecule has 1 N–H and O–H groups in total. The fourth-order valence-electron chi connectivity index (χ4n) is 2.49. The maximum absolute atomic E-state index is 9.73. The largest absolute Gasteiger partial charge is 0.389 e. The van der Waals surface area contributed by atoms with E-state index in [0.29, 0.717) is 6.04 Å². The second-order valence-corrected chi connectivity index (χ2v) is 4.64. The molecular weight excluding hydrogens is 200 g/mol. The molecule has 2 rings (SSSR count). The third kappa shape index (κ3) is 2.19. The quantitative estimate of drug-likeness (QED) is 0.850. The van der Waals surface area contributed by atoms with Crippen molar-refractivity contribution in [1.82, 2.24) is 4.98 Å². The SMILES string of the molecule is C[C@H](O)c1cccnc1N(C)C1CCCC1. The minimum Gasteiger partial charge on any atom is -0.389 e. The second kappa shape index (κ2) is 4.83. The Balaban J connectivity index is 2.24. The molecule has 3 nitrogen and oxygen atoms in total. The van der Waals surface area contributed by atoms with Gasteiger partial charge in [-0.3, -0.25) is 0 Å². The maximum atomic E-state index is 9.73. The van der Waals surface area contributed by atoms with Gasteiger partial charge in [0.25, 0.3) is 0 Å². The highest BCUT2D eigenvalue weighted by Crippen LogP contribution is 2.29. The summed E-state index contributed by atoms with van der Waals surface area (Å²) in [5.74, 6) is 0.935. The van der Waals surface area contributed by atoms with Crippen LogP contribution in [0.4, 0.5) is 5.82 Å². The lowest BCUT2D eigenvalue weighted by molar-refractivity contribution is 0.199. The Labute approximate surface area is 97.1 Å². The molecule has 1 fully saturated rings. The van der Waals surface area contributed by atoms with Crippen molar-refractivity contribution in [3.8, 4) is 0 Å². The fourth-order valence-corrected chi connectivity index (χ4v) is 2.49. The van der Waals surface area contributed by atoms with Crippen LogP contribution in [-0.4, -0.2) is 23.2 Å². The monoisotopic (exact) mass is 220 g/mol. The van der Waals surface area contributed by atoms with Gasteiger partial charge in [0, 0.05) is 24.8 Å². The smallest absolute Gasteiger partial charge is 0.134 e. The van der Waals surface area contributed by atoms with Crippen LogP contribution in [0.2, 0.25) is 0 Å². The van der Waals surface area contributed by atoms with Crippen molar-refractivity contribution in [3.05, 3.63) is 23.9 Å². The number of pyridine rings is 1. The van der Waals surface area contributed by atoms with Gasteiger partial charge in [0.05, 0.1) is 6.10 Å². The van der Waals surface area contributed by atoms with Gasteiger partial charge in [-0.2, -0.15) is 0 Å². The molecular formula is C13H20N2O. The summed E-state index contributed by atoms with van der Waals surface area (Å²) in [6.45, 7) is 1.79. The molecule has 0 bridgehead atoms. The summed E-state index contributed by atoms with van der Waals surface area (Å²) < 4.78 is 0. The van der Waals surface area contributed by atoms with Gasteiger partial charge in [0.2, 0.25) is 0 Å². The first-order valence-electron chi connectivity index (χ1n) is 6.06. The zero-order chi connectivity index (χ0) is 11.5. The molecule has 0 saturated heterocycles. The number of nitrogens with zero attached hydrogens (tertiary/aromatic N) is 2. The topological polar surface area (TPSA) is 36.4 Å². The lowest BCUT2D eigenvalue weighted by Crippen LogP contribution is -2.30. The van der Waals surface area contributed by atoms with Gasteiger partial charge in [-0.1, -0.05) is 18.9 Å². The van der Waals surface area contributed by atoms with Gasteiger partial charge in [-0.25, -0.2) is 4.98 Å². The first kappa shape index (κ1) is 11.4. The number of aliphatic hydroxyl groups excluding tert-OH is 1. The first-order chi connectivity index (χ1) is 7.70. The zero-order valence-corrected chi connectivity index (χ0v) is 10.1. The summed E-state index contributed by atoms with van der Waals surface area (Å²) in [5, 5.41) is 9.73. The molecule has 1 heterocycles. The number of hydrogen-bond acceptors (Lipinski definition) is 3. The van der Waals surface area contributed by atoms with E-state index < -0.39 is 6.10 Å². The van der Waals surface area contributed by atoms with Gasteiger partial charge < -0.3 is 10.0 Å². The first-order valence-corrected chi connectivity index (χ1v) is 6.06. The van der Waals surface area contributed by atoms with Crippen molar-refractivity contribution in [2.24, 2.45) is 0 Å². The van der Waals surface area contributed by atoms with E-state index in [1.54, 1.807) is 13.1 Å². The normalized spacial score (nSPS) is 18.7. The van der Waals surface area contributed by atoms with E-state index >= 15 is 0 Å². The third-order valence-electron chi connectivity index (χ3n) is 3.47. The molecule has 0 radical (unpaired) electrons. The van der Waals surface area contributed by atoms with Crippen LogP contribution in [0.3, 0.4) is 0 Å². The second-order valence-electron chi connectivity index (χ2n) is 4.64. The molecule has 0 aliphatic heterocycles. The number of aromatic nitrogens is 1. The van der Waals surface area contributed by atoms with Crippen LogP contribution in [0.1, 0.15) is 44.3 Å². The van der Waals surface area contributed by atoms with Crippen LogP contribution in [0.5, 0.6) is 0 Å². The third-order valence-corrected chi connectivity index (χ3v) is 3.47. The minimum absolute atomic E-state index is 0.451. The van der Waals surface area contributed by atoms with Crippen LogP contribution >= 0.6 is 0 Å². The Morgan fingerprint density at radius 1 is 1.44 bits per heavy atom. The Morgan fingerprint density at radius 2 is 2.12 bits per heavy atom. The number of rotatable bonds is 3. The summed E-state index contributed by atoms with van der Waals surface area (Å²) in [6, 6.07) is 4.43. The molecule has 0 amide bonds. The fraction of sp³-hybridized carbons (Fsp3) is 0.615. The van der Waals surface area contributed by atoms with E-state index in [9.17, 15) is 5.11 Å². The molecule has 1 atom stereocenters. The number of aliphatic hydroxyl groups is 1. The van der Waals surface area contributed by atoms with E-state index in [1.807, 2.05) is 12.1 Å². The van der Waals surface area contributed by atoms with E-state index in [0.717, 1.165) is 11.4 Å². The summed E-state index contributed by atoms with van der Waals surface area (Å²) in [4.78, 5) is 6.64. The van der Waals surface area contributed by atoms with Crippen LogP contribution in [0.15, 0.2) is 18.3 Å². The van der Waals surface area contributed by atoms with Crippen LogP contribution in [-0.2, 0) is 0 Å². The maximum Gasteiger partial charge on any atom is 0.134 e. The lowest BCUT2D eigenvalue weighted by Gasteiger charge is -2.28. The molecule has 88 valence electrons. The van der Waals surface area contributed by atoms with E-state index in [4.69, 9.17) is 0 Å². The van der Waals surface area contributed by atoms with Gasteiger partial charge in [0.15, 0.2) is 0 Å². The van der Waals surface area contributed by atoms with Gasteiger partial charge in [0.1, 0.15) is 5.82 Å². The van der Waals surface area contributed by atoms with E-state index in [1.165, 1.54) is 25.7 Å². The molecule has 0 unspecified atom stereocenters. The summed E-state index contributed by atoms with van der Waals surface area (Å²) in [5.41, 5.74) is 0.928. The van der Waals surface area contributed by atoms with Crippen molar-refractivity contribution in [2.45, 2.75) is 44.8 Å². The van der Waals surface area contributed by atoms with Crippen LogP contribution in [0, 0.1) is 0 Å². The minimum atomic E-state index is -0.451. The molecule has 1 aliphatic carbocycles. The van der Waals surface area contributed by atoms with Crippen LogP contribution in [0.25, 0.3) is 0 Å². The van der Waals surface area contributed by atoms with Gasteiger partial charge >= 0.3 is 0 Å². The Kier molecular flexibility index (Phi) is 3.44. The highest BCUT2D eigenvalue weighted by atomic mass is 16.3. The zero-order valence-electron chi connectivity index (χ0n) is 10.1. The molecule has 1 aromatic heterocycles. The number of hydrogen-bond donors (Lipinski definition) is 1. The van der Waals surface area contributed by atoms with Crippen molar-refractivity contribution < 1.29 is 5.11 Å². The Morgan fingerprint density at radius 3 is 2.75 bits per heavy atom. The average Bonchev–Trinajstić information content (AvgIpc) is 2.81. The Bertz CT molecular complexity index is 346. The highest BCUT2D eigenvalue weighted by Gasteiger charge is 2.23. The molecule has 0 spiro atoms. The van der Waals surface area contributed by atoms with E-state index in [-0.39, 0.29) is 0 Å². The summed E-state index contributed by atoms with van der Waals surface area (Å²) in [6.07, 6.45) is 6.45. The predicted molar refractivity (Wildman–Crippen MR) is 65.5 cm³/mol. The average molecular weight is 220 g/mol. The molecule has 1 aliphatic rings. The number of anilines is 1. The summed E-state index contributed by atoms with van der Waals surface area (Å²) in [7, 11) is 2.09. The molecule has 1 saturated carbocycles. The van der Waals surface area contributed by atoms with E-state index in [2.05, 4.69) is 16.9 Å². The van der Waals surface area contributed by atoms with Crippen molar-refractivity contribution >= 4 is 5.82 Å². The molecule has 3 heteroatoms. The Hall–Kier alpha value is -1.09. The molecule has 1 aromatic rings. The summed E-state index contributed by atoms with van der Waals surface area (Å²) >= 11 is 0.